The van der Waals surface area contributed by atoms with Crippen LogP contribution < -0.4 is 10.2 Å². The van der Waals surface area contributed by atoms with E-state index in [9.17, 15) is 19.0 Å². The maximum atomic E-state index is 13.6. The zero-order chi connectivity index (χ0) is 60.0. The number of carbonyl (C=O) groups excluding carboxylic acids is 2. The molecular weight excluding hydrogens is 1040 g/mol. The summed E-state index contributed by atoms with van der Waals surface area (Å²) in [5, 5.41) is 3.05. The Morgan fingerprint density at radius 2 is 0.707 bits per heavy atom. The van der Waals surface area contributed by atoms with Gasteiger partial charge >= 0.3 is 5.97 Å². The van der Waals surface area contributed by atoms with Gasteiger partial charge in [0.05, 0.1) is 33.8 Å². The van der Waals surface area contributed by atoms with Gasteiger partial charge in [-0.05, 0) is 57.4 Å². The Kier molecular flexibility index (Phi) is 61.4. The van der Waals surface area contributed by atoms with E-state index in [1.807, 2.05) is 33.3 Å². The first-order valence-electron chi connectivity index (χ1n) is 36.1. The Balaban J connectivity index is 4.96. The molecule has 0 aromatic heterocycles. The van der Waals surface area contributed by atoms with Crippen LogP contribution in [0.3, 0.4) is 0 Å². The van der Waals surface area contributed by atoms with Crippen molar-refractivity contribution in [1.29, 1.82) is 0 Å². The highest BCUT2D eigenvalue weighted by molar-refractivity contribution is 7.45. The van der Waals surface area contributed by atoms with Crippen molar-refractivity contribution in [1.82, 2.24) is 5.32 Å². The molecule has 0 aliphatic heterocycles. The highest BCUT2D eigenvalue weighted by Crippen LogP contribution is 2.38. The molecule has 0 radical (unpaired) electrons. The van der Waals surface area contributed by atoms with Crippen molar-refractivity contribution in [3.8, 4) is 0 Å². The summed E-state index contributed by atoms with van der Waals surface area (Å²) < 4.78 is 30.4. The number of unbranched alkanes of at least 4 members (excludes halogenated alkanes) is 49. The molecule has 3 unspecified atom stereocenters. The summed E-state index contributed by atoms with van der Waals surface area (Å²) in [6.07, 6.45) is 76.0. The van der Waals surface area contributed by atoms with E-state index in [1.54, 1.807) is 0 Å². The lowest BCUT2D eigenvalue weighted by atomic mass is 10.0. The minimum Gasteiger partial charge on any atom is -0.756 e. The number of phosphoric acid groups is 1. The fourth-order valence-corrected chi connectivity index (χ4v) is 11.8. The summed E-state index contributed by atoms with van der Waals surface area (Å²) >= 11 is 0. The molecule has 0 aliphatic carbocycles. The van der Waals surface area contributed by atoms with Crippen molar-refractivity contribution in [2.24, 2.45) is 0 Å². The lowest BCUT2D eigenvalue weighted by molar-refractivity contribution is -0.870. The molecule has 0 bridgehead atoms. The number of quaternary nitrogens is 1. The molecule has 9 nitrogen and oxygen atoms in total. The molecule has 3 atom stereocenters. The van der Waals surface area contributed by atoms with Crippen LogP contribution in [0.4, 0.5) is 0 Å². The van der Waals surface area contributed by atoms with Crippen LogP contribution in [-0.4, -0.2) is 69.4 Å². The monoisotopic (exact) mass is 1180 g/mol. The van der Waals surface area contributed by atoms with Crippen LogP contribution in [0, 0.1) is 0 Å². The van der Waals surface area contributed by atoms with E-state index >= 15 is 0 Å². The van der Waals surface area contributed by atoms with Gasteiger partial charge in [0, 0.05) is 12.8 Å². The first-order valence-corrected chi connectivity index (χ1v) is 37.6. The third kappa shape index (κ3) is 63.0. The van der Waals surface area contributed by atoms with Crippen LogP contribution in [0.2, 0.25) is 0 Å². The quantitative estimate of drug-likeness (QED) is 0.0212. The first-order chi connectivity index (χ1) is 39.9. The first kappa shape index (κ1) is 80.5. The number of rotatable bonds is 67. The Morgan fingerprint density at radius 3 is 1.04 bits per heavy atom. The number of hydrogen-bond acceptors (Lipinski definition) is 7. The van der Waals surface area contributed by atoms with Crippen LogP contribution in [0.15, 0.2) is 24.3 Å². The van der Waals surface area contributed by atoms with Gasteiger partial charge in [0.2, 0.25) is 5.91 Å². The molecule has 10 heteroatoms. The van der Waals surface area contributed by atoms with Crippen molar-refractivity contribution in [2.45, 2.75) is 386 Å². The molecule has 0 heterocycles. The van der Waals surface area contributed by atoms with E-state index < -0.39 is 20.0 Å². The van der Waals surface area contributed by atoms with Crippen molar-refractivity contribution < 1.29 is 37.3 Å². The molecule has 0 aliphatic rings. The standard InChI is InChI=1S/C72H141N2O7P/c1-7-10-13-16-19-22-25-28-30-32-33-34-35-36-37-38-39-40-41-43-44-46-49-52-55-58-61-64-71(75)73-69(68-80-82(77,78)79-67-66-74(4,5)6)70(63-60-57-54-51-48-27-24-21-18-15-12-9-3)81-72(76)65-62-59-56-53-50-47-45-42-31-29-26-23-20-17-14-11-8-2/h29,31,60,63,69-70H,7-28,30,32-59,61-62,64-68H2,1-6H3,(H-,73,75,77,78)/b31-29+,63-60-. The molecule has 0 saturated carbocycles. The molecule has 0 rings (SSSR count). The van der Waals surface area contributed by atoms with Crippen LogP contribution >= 0.6 is 7.82 Å². The molecule has 0 aromatic rings. The number of ether oxygens (including phenoxy) is 1. The van der Waals surface area contributed by atoms with Gasteiger partial charge in [0.25, 0.3) is 7.82 Å². The Hall–Kier alpha value is -1.51. The molecule has 1 N–H and O–H groups in total. The Labute approximate surface area is 511 Å². The average molecular weight is 1180 g/mol. The van der Waals surface area contributed by atoms with Gasteiger partial charge in [-0.25, -0.2) is 0 Å². The second-order valence-corrected chi connectivity index (χ2v) is 27.5. The van der Waals surface area contributed by atoms with Crippen molar-refractivity contribution in [3.63, 3.8) is 0 Å². The summed E-state index contributed by atoms with van der Waals surface area (Å²) in [5.41, 5.74) is 0. The van der Waals surface area contributed by atoms with Crippen molar-refractivity contribution >= 4 is 19.7 Å². The number of likely N-dealkylation sites (N-methyl/N-ethyl adjacent to an activating group) is 1. The Morgan fingerprint density at radius 1 is 0.415 bits per heavy atom. The predicted molar refractivity (Wildman–Crippen MR) is 353 cm³/mol. The van der Waals surface area contributed by atoms with Crippen LogP contribution in [-0.2, 0) is 27.9 Å². The lowest BCUT2D eigenvalue weighted by Crippen LogP contribution is -2.47. The topological polar surface area (TPSA) is 114 Å². The number of nitrogens with one attached hydrogen (secondary N) is 1. The number of nitrogens with zero attached hydrogens (tertiary/aromatic N) is 1. The maximum absolute atomic E-state index is 13.6. The summed E-state index contributed by atoms with van der Waals surface area (Å²) in [6.45, 7) is 6.90. The molecule has 0 fully saturated rings. The molecule has 486 valence electrons. The van der Waals surface area contributed by atoms with Crippen molar-refractivity contribution in [3.05, 3.63) is 24.3 Å². The van der Waals surface area contributed by atoms with Crippen LogP contribution in [0.5, 0.6) is 0 Å². The fraction of sp³-hybridized carbons (Fsp3) is 0.917. The summed E-state index contributed by atoms with van der Waals surface area (Å²) in [5.74, 6) is -0.524. The van der Waals surface area contributed by atoms with Crippen LogP contribution in [0.1, 0.15) is 374 Å². The minimum absolute atomic E-state index is 0.0190. The second-order valence-electron chi connectivity index (χ2n) is 26.1. The van der Waals surface area contributed by atoms with E-state index in [0.29, 0.717) is 17.4 Å². The van der Waals surface area contributed by atoms with E-state index in [-0.39, 0.29) is 31.5 Å². The van der Waals surface area contributed by atoms with Crippen LogP contribution in [0.25, 0.3) is 0 Å². The number of esters is 1. The zero-order valence-corrected chi connectivity index (χ0v) is 56.6. The number of allylic oxidation sites excluding steroid dienone is 3. The lowest BCUT2D eigenvalue weighted by Gasteiger charge is -2.30. The summed E-state index contributed by atoms with van der Waals surface area (Å²) in [4.78, 5) is 40.1. The number of carbonyl (C=O) groups is 2. The number of phosphoric ester groups is 1. The van der Waals surface area contributed by atoms with E-state index in [1.165, 1.54) is 276 Å². The third-order valence-electron chi connectivity index (χ3n) is 16.6. The summed E-state index contributed by atoms with van der Waals surface area (Å²) in [6, 6.07) is -0.885. The van der Waals surface area contributed by atoms with Gasteiger partial charge in [-0.2, -0.15) is 0 Å². The minimum atomic E-state index is -4.70. The largest absolute Gasteiger partial charge is 0.756 e. The van der Waals surface area contributed by atoms with Gasteiger partial charge in [-0.3, -0.25) is 14.2 Å². The van der Waals surface area contributed by atoms with E-state index in [4.69, 9.17) is 13.8 Å². The molecule has 1 amide bonds. The van der Waals surface area contributed by atoms with Gasteiger partial charge in [0.1, 0.15) is 19.3 Å². The zero-order valence-electron chi connectivity index (χ0n) is 55.7. The molecule has 0 aromatic carbocycles. The smallest absolute Gasteiger partial charge is 0.306 e. The van der Waals surface area contributed by atoms with E-state index in [2.05, 4.69) is 38.2 Å². The van der Waals surface area contributed by atoms with Gasteiger partial charge < -0.3 is 28.5 Å². The highest BCUT2D eigenvalue weighted by Gasteiger charge is 2.27. The van der Waals surface area contributed by atoms with Gasteiger partial charge in [0.15, 0.2) is 0 Å². The van der Waals surface area contributed by atoms with Gasteiger partial charge in [-0.15, -0.1) is 0 Å². The maximum Gasteiger partial charge on any atom is 0.306 e. The SMILES string of the molecule is CCCCCCCC/C=C/CCCCCCCCCC(=O)OC(/C=C\CCCCCCCCCCCC)C(COP(=O)([O-])OCC[N+](C)(C)C)NC(=O)CCCCCCCCCCCCCCCCCCCCCCCCCCCCC. The van der Waals surface area contributed by atoms with E-state index in [0.717, 1.165) is 64.2 Å². The molecule has 82 heavy (non-hydrogen) atoms. The second kappa shape index (κ2) is 62.5. The number of hydrogen-bond donors (Lipinski definition) is 1. The molecular formula is C72H141N2O7P. The average Bonchev–Trinajstić information content (AvgIpc) is 3.44. The molecule has 0 spiro atoms. The Bertz CT molecular complexity index is 1450. The number of amides is 1. The molecule has 0 saturated heterocycles. The van der Waals surface area contributed by atoms with Crippen molar-refractivity contribution in [2.75, 3.05) is 40.9 Å². The third-order valence-corrected chi connectivity index (χ3v) is 17.6. The fourth-order valence-electron chi connectivity index (χ4n) is 11.1. The normalized spacial score (nSPS) is 13.6. The predicted octanol–water partition coefficient (Wildman–Crippen LogP) is 22.2. The highest BCUT2D eigenvalue weighted by atomic mass is 31.2. The summed E-state index contributed by atoms with van der Waals surface area (Å²) in [7, 11) is 1.20. The van der Waals surface area contributed by atoms with Gasteiger partial charge in [-0.1, -0.05) is 328 Å².